The molecule has 2 aromatic carbocycles. The van der Waals surface area contributed by atoms with Gasteiger partial charge < -0.3 is 15.1 Å². The van der Waals surface area contributed by atoms with Gasteiger partial charge in [0.15, 0.2) is 0 Å². The Balaban J connectivity index is 1.37. The number of carbonyl (C=O) groups is 3. The van der Waals surface area contributed by atoms with Crippen LogP contribution in [-0.2, 0) is 22.7 Å². The number of nitrogens with one attached hydrogen (secondary N) is 2. The van der Waals surface area contributed by atoms with Crippen LogP contribution in [0.2, 0.25) is 0 Å². The van der Waals surface area contributed by atoms with Gasteiger partial charge >= 0.3 is 0 Å². The number of para-hydroxylation sites is 2. The maximum atomic E-state index is 13.1. The van der Waals surface area contributed by atoms with Crippen molar-refractivity contribution in [3.05, 3.63) is 59.2 Å². The van der Waals surface area contributed by atoms with Crippen LogP contribution in [0, 0.1) is 0 Å². The lowest BCUT2D eigenvalue weighted by Gasteiger charge is -2.36. The van der Waals surface area contributed by atoms with Crippen LogP contribution in [0.1, 0.15) is 41.3 Å². The highest BCUT2D eigenvalue weighted by atomic mass is 16.2. The molecule has 2 atom stereocenters. The predicted molar refractivity (Wildman–Crippen MR) is 113 cm³/mol. The molecule has 30 heavy (non-hydrogen) atoms. The van der Waals surface area contributed by atoms with Crippen molar-refractivity contribution in [2.45, 2.75) is 44.9 Å². The lowest BCUT2D eigenvalue weighted by atomic mass is 10.0. The number of benzene rings is 2. The van der Waals surface area contributed by atoms with Crippen molar-refractivity contribution >= 4 is 29.1 Å². The highest BCUT2D eigenvalue weighted by Crippen LogP contribution is 2.33. The SMILES string of the molecule is CC1CN(Cc2ccc3c(c2)C(=O)N(C2CCC(=O)NC2=O)C3)c2ccccc2N1. The Labute approximate surface area is 175 Å². The number of carbonyl (C=O) groups excluding carboxylic acids is 3. The van der Waals surface area contributed by atoms with E-state index in [4.69, 9.17) is 0 Å². The minimum absolute atomic E-state index is 0.129. The van der Waals surface area contributed by atoms with Crippen molar-refractivity contribution in [3.8, 4) is 0 Å². The second-order valence-corrected chi connectivity index (χ2v) is 8.33. The zero-order valence-electron chi connectivity index (χ0n) is 16.9. The average Bonchev–Trinajstić information content (AvgIpc) is 3.04. The zero-order valence-corrected chi connectivity index (χ0v) is 16.9. The molecule has 3 aliphatic heterocycles. The third-order valence-electron chi connectivity index (χ3n) is 6.11. The summed E-state index contributed by atoms with van der Waals surface area (Å²) in [6.07, 6.45) is 0.648. The Bertz CT molecular complexity index is 1050. The van der Waals surface area contributed by atoms with E-state index in [1.165, 1.54) is 0 Å². The summed E-state index contributed by atoms with van der Waals surface area (Å²) in [7, 11) is 0. The van der Waals surface area contributed by atoms with Crippen LogP contribution in [0.25, 0.3) is 0 Å². The van der Waals surface area contributed by atoms with Crippen LogP contribution in [0.3, 0.4) is 0 Å². The summed E-state index contributed by atoms with van der Waals surface area (Å²) in [6, 6.07) is 14.0. The van der Waals surface area contributed by atoms with Crippen LogP contribution in [-0.4, -0.2) is 41.2 Å². The topological polar surface area (TPSA) is 81.8 Å². The Morgan fingerprint density at radius 1 is 1.10 bits per heavy atom. The summed E-state index contributed by atoms with van der Waals surface area (Å²) >= 11 is 0. The molecule has 2 aromatic rings. The number of fused-ring (bicyclic) bond motifs is 2. The predicted octanol–water partition coefficient (Wildman–Crippen LogP) is 2.27. The molecule has 0 bridgehead atoms. The van der Waals surface area contributed by atoms with Crippen LogP contribution in [0.5, 0.6) is 0 Å². The zero-order chi connectivity index (χ0) is 20.8. The Kier molecular flexibility index (Phi) is 4.46. The molecule has 0 radical (unpaired) electrons. The van der Waals surface area contributed by atoms with Crippen molar-refractivity contribution in [1.29, 1.82) is 0 Å². The number of amides is 3. The van der Waals surface area contributed by atoms with E-state index in [1.807, 2.05) is 24.3 Å². The van der Waals surface area contributed by atoms with Gasteiger partial charge in [0.05, 0.1) is 11.4 Å². The van der Waals surface area contributed by atoms with Crippen molar-refractivity contribution in [2.24, 2.45) is 0 Å². The lowest BCUT2D eigenvalue weighted by Crippen LogP contribution is -2.52. The van der Waals surface area contributed by atoms with E-state index in [1.54, 1.807) is 4.90 Å². The second-order valence-electron chi connectivity index (χ2n) is 8.33. The fourth-order valence-electron chi connectivity index (χ4n) is 4.68. The minimum atomic E-state index is -0.577. The highest BCUT2D eigenvalue weighted by Gasteiger charge is 2.39. The monoisotopic (exact) mass is 404 g/mol. The van der Waals surface area contributed by atoms with Crippen LogP contribution in [0.15, 0.2) is 42.5 Å². The number of piperidine rings is 1. The van der Waals surface area contributed by atoms with E-state index < -0.39 is 6.04 Å². The molecule has 3 amide bonds. The summed E-state index contributed by atoms with van der Waals surface area (Å²) in [5, 5.41) is 5.86. The van der Waals surface area contributed by atoms with E-state index >= 15 is 0 Å². The minimum Gasteiger partial charge on any atom is -0.379 e. The fraction of sp³-hybridized carbons (Fsp3) is 0.348. The first-order valence-corrected chi connectivity index (χ1v) is 10.4. The first-order chi connectivity index (χ1) is 14.5. The summed E-state index contributed by atoms with van der Waals surface area (Å²) < 4.78 is 0. The molecule has 7 nitrogen and oxygen atoms in total. The molecule has 154 valence electrons. The van der Waals surface area contributed by atoms with Gasteiger partial charge in [-0.2, -0.15) is 0 Å². The molecular formula is C23H24N4O3. The first-order valence-electron chi connectivity index (χ1n) is 10.4. The normalized spacial score (nSPS) is 23.0. The summed E-state index contributed by atoms with van der Waals surface area (Å²) in [6.45, 7) is 4.16. The number of rotatable bonds is 3. The average molecular weight is 404 g/mol. The summed E-state index contributed by atoms with van der Waals surface area (Å²) in [4.78, 5) is 40.6. The van der Waals surface area contributed by atoms with Gasteiger partial charge in [0.1, 0.15) is 6.04 Å². The standard InChI is InChI=1S/C23H24N4O3/c1-14-11-26(19-5-3-2-4-18(19)24-14)12-15-6-7-16-13-27(23(30)17(16)10-15)20-8-9-21(28)25-22(20)29/h2-7,10,14,20,24H,8-9,11-13H2,1H3,(H,25,28,29). The fourth-order valence-corrected chi connectivity index (χ4v) is 4.68. The van der Waals surface area contributed by atoms with Crippen LogP contribution >= 0.6 is 0 Å². The quantitative estimate of drug-likeness (QED) is 0.767. The molecule has 1 saturated heterocycles. The molecule has 2 N–H and O–H groups in total. The molecule has 5 rings (SSSR count). The van der Waals surface area contributed by atoms with Gasteiger partial charge in [-0.25, -0.2) is 0 Å². The van der Waals surface area contributed by atoms with Gasteiger partial charge in [0.25, 0.3) is 5.91 Å². The number of imide groups is 1. The third-order valence-corrected chi connectivity index (χ3v) is 6.11. The Hall–Kier alpha value is -3.35. The molecule has 0 spiro atoms. The summed E-state index contributed by atoms with van der Waals surface area (Å²) in [5.41, 5.74) is 4.94. The van der Waals surface area contributed by atoms with Crippen LogP contribution < -0.4 is 15.5 Å². The van der Waals surface area contributed by atoms with E-state index in [-0.39, 0.29) is 24.1 Å². The maximum absolute atomic E-state index is 13.1. The second kappa shape index (κ2) is 7.16. The first kappa shape index (κ1) is 18.7. The molecule has 3 aliphatic rings. The largest absolute Gasteiger partial charge is 0.379 e. The van der Waals surface area contributed by atoms with E-state index in [2.05, 4.69) is 40.7 Å². The molecule has 3 heterocycles. The van der Waals surface area contributed by atoms with E-state index in [9.17, 15) is 14.4 Å². The Morgan fingerprint density at radius 3 is 2.77 bits per heavy atom. The van der Waals surface area contributed by atoms with Crippen molar-refractivity contribution in [3.63, 3.8) is 0 Å². The number of hydrogen-bond donors (Lipinski definition) is 2. The molecule has 0 aliphatic carbocycles. The van der Waals surface area contributed by atoms with E-state index in [0.717, 1.165) is 29.0 Å². The van der Waals surface area contributed by atoms with Crippen molar-refractivity contribution in [1.82, 2.24) is 10.2 Å². The van der Waals surface area contributed by atoms with Gasteiger partial charge in [-0.3, -0.25) is 19.7 Å². The molecular weight excluding hydrogens is 380 g/mol. The number of anilines is 2. The van der Waals surface area contributed by atoms with Gasteiger partial charge in [0.2, 0.25) is 11.8 Å². The molecule has 1 fully saturated rings. The maximum Gasteiger partial charge on any atom is 0.255 e. The molecule has 2 unspecified atom stereocenters. The summed E-state index contributed by atoms with van der Waals surface area (Å²) in [5.74, 6) is -0.775. The van der Waals surface area contributed by atoms with Gasteiger partial charge in [-0.1, -0.05) is 24.3 Å². The number of hydrogen-bond acceptors (Lipinski definition) is 5. The lowest BCUT2D eigenvalue weighted by molar-refractivity contribution is -0.136. The van der Waals surface area contributed by atoms with Crippen LogP contribution in [0.4, 0.5) is 11.4 Å². The third kappa shape index (κ3) is 3.20. The molecule has 0 aromatic heterocycles. The molecule has 0 saturated carbocycles. The Morgan fingerprint density at radius 2 is 1.93 bits per heavy atom. The smallest absolute Gasteiger partial charge is 0.255 e. The van der Waals surface area contributed by atoms with Crippen molar-refractivity contribution < 1.29 is 14.4 Å². The van der Waals surface area contributed by atoms with E-state index in [0.29, 0.717) is 31.1 Å². The van der Waals surface area contributed by atoms with Gasteiger partial charge in [0, 0.05) is 37.7 Å². The van der Waals surface area contributed by atoms with Gasteiger partial charge in [-0.05, 0) is 42.7 Å². The van der Waals surface area contributed by atoms with Gasteiger partial charge in [-0.15, -0.1) is 0 Å². The van der Waals surface area contributed by atoms with Crippen molar-refractivity contribution in [2.75, 3.05) is 16.8 Å². The molecule has 7 heteroatoms. The highest BCUT2D eigenvalue weighted by molar-refractivity contribution is 6.05. The number of nitrogens with zero attached hydrogens (tertiary/aromatic N) is 2.